The Morgan fingerprint density at radius 1 is 1.32 bits per heavy atom. The Labute approximate surface area is 114 Å². The SMILES string of the molecule is COC(=O)Cc1ccc(C2CCNCC2)cc1OC. The Balaban J connectivity index is 2.17. The van der Waals surface area contributed by atoms with Crippen LogP contribution in [0.5, 0.6) is 5.75 Å². The number of methoxy groups -OCH3 is 2. The largest absolute Gasteiger partial charge is 0.496 e. The van der Waals surface area contributed by atoms with Crippen LogP contribution in [-0.2, 0) is 16.0 Å². The summed E-state index contributed by atoms with van der Waals surface area (Å²) in [5, 5.41) is 3.37. The molecule has 0 amide bonds. The summed E-state index contributed by atoms with van der Waals surface area (Å²) in [5.74, 6) is 1.12. The highest BCUT2D eigenvalue weighted by molar-refractivity contribution is 5.73. The fraction of sp³-hybridized carbons (Fsp3) is 0.533. The predicted molar refractivity (Wildman–Crippen MR) is 73.6 cm³/mol. The summed E-state index contributed by atoms with van der Waals surface area (Å²) in [6, 6.07) is 6.15. The number of carbonyl (C=O) groups excluding carboxylic acids is 1. The standard InChI is InChI=1S/C15H21NO3/c1-18-14-9-12(11-5-7-16-8-6-11)3-4-13(14)10-15(17)19-2/h3-4,9,11,16H,5-8,10H2,1-2H3. The molecule has 1 fully saturated rings. The molecule has 0 radical (unpaired) electrons. The van der Waals surface area contributed by atoms with Crippen LogP contribution in [0.2, 0.25) is 0 Å². The van der Waals surface area contributed by atoms with Crippen molar-refractivity contribution in [1.82, 2.24) is 5.32 Å². The number of carbonyl (C=O) groups is 1. The average molecular weight is 263 g/mol. The van der Waals surface area contributed by atoms with Crippen LogP contribution in [-0.4, -0.2) is 33.3 Å². The van der Waals surface area contributed by atoms with Crippen molar-refractivity contribution in [3.8, 4) is 5.75 Å². The summed E-state index contributed by atoms with van der Waals surface area (Å²) in [6.45, 7) is 2.13. The van der Waals surface area contributed by atoms with Gasteiger partial charge >= 0.3 is 5.97 Å². The van der Waals surface area contributed by atoms with Gasteiger partial charge in [-0.1, -0.05) is 12.1 Å². The minimum absolute atomic E-state index is 0.243. The van der Waals surface area contributed by atoms with Crippen LogP contribution in [0.4, 0.5) is 0 Å². The molecule has 0 bridgehead atoms. The van der Waals surface area contributed by atoms with Crippen LogP contribution >= 0.6 is 0 Å². The molecule has 0 aromatic heterocycles. The van der Waals surface area contributed by atoms with Crippen LogP contribution in [0, 0.1) is 0 Å². The number of hydrogen-bond acceptors (Lipinski definition) is 4. The van der Waals surface area contributed by atoms with Crippen molar-refractivity contribution in [3.05, 3.63) is 29.3 Å². The Kier molecular flexibility index (Phi) is 4.80. The third-order valence-corrected chi connectivity index (χ3v) is 3.68. The molecule has 0 aliphatic carbocycles. The molecule has 1 aromatic rings. The van der Waals surface area contributed by atoms with Crippen molar-refractivity contribution in [2.75, 3.05) is 27.3 Å². The zero-order chi connectivity index (χ0) is 13.7. The Bertz CT molecular complexity index is 439. The topological polar surface area (TPSA) is 47.6 Å². The van der Waals surface area contributed by atoms with E-state index < -0.39 is 0 Å². The summed E-state index contributed by atoms with van der Waals surface area (Å²) in [5.41, 5.74) is 2.18. The number of nitrogens with one attached hydrogen (secondary N) is 1. The lowest BCUT2D eigenvalue weighted by Crippen LogP contribution is -2.26. The van der Waals surface area contributed by atoms with Crippen molar-refractivity contribution in [2.45, 2.75) is 25.2 Å². The first kappa shape index (κ1) is 13.9. The molecule has 0 atom stereocenters. The van der Waals surface area contributed by atoms with Gasteiger partial charge in [0.05, 0.1) is 20.6 Å². The van der Waals surface area contributed by atoms with Crippen LogP contribution < -0.4 is 10.1 Å². The van der Waals surface area contributed by atoms with Crippen molar-refractivity contribution in [3.63, 3.8) is 0 Å². The van der Waals surface area contributed by atoms with Gasteiger partial charge in [0.15, 0.2) is 0 Å². The Morgan fingerprint density at radius 2 is 2.05 bits per heavy atom. The number of esters is 1. The lowest BCUT2D eigenvalue weighted by Gasteiger charge is -2.23. The van der Waals surface area contributed by atoms with Gasteiger partial charge in [-0.25, -0.2) is 0 Å². The molecule has 1 aliphatic heterocycles. The fourth-order valence-corrected chi connectivity index (χ4v) is 2.54. The van der Waals surface area contributed by atoms with Crippen LogP contribution in [0.3, 0.4) is 0 Å². The van der Waals surface area contributed by atoms with Gasteiger partial charge in [-0.3, -0.25) is 4.79 Å². The molecule has 0 spiro atoms. The van der Waals surface area contributed by atoms with Gasteiger partial charge in [-0.15, -0.1) is 0 Å². The van der Waals surface area contributed by atoms with E-state index in [0.717, 1.165) is 37.2 Å². The Morgan fingerprint density at radius 3 is 2.68 bits per heavy atom. The highest BCUT2D eigenvalue weighted by Gasteiger charge is 2.17. The number of piperidine rings is 1. The van der Waals surface area contributed by atoms with Gasteiger partial charge < -0.3 is 14.8 Å². The number of hydrogen-bond donors (Lipinski definition) is 1. The second-order valence-electron chi connectivity index (χ2n) is 4.85. The van der Waals surface area contributed by atoms with Crippen LogP contribution in [0.25, 0.3) is 0 Å². The highest BCUT2D eigenvalue weighted by atomic mass is 16.5. The van der Waals surface area contributed by atoms with E-state index in [2.05, 4.69) is 17.4 Å². The van der Waals surface area contributed by atoms with Crippen LogP contribution in [0.15, 0.2) is 18.2 Å². The second-order valence-corrected chi connectivity index (χ2v) is 4.85. The normalized spacial score (nSPS) is 16.1. The lowest BCUT2D eigenvalue weighted by molar-refractivity contribution is -0.139. The van der Waals surface area contributed by atoms with E-state index in [-0.39, 0.29) is 12.4 Å². The number of ether oxygens (including phenoxy) is 2. The maximum Gasteiger partial charge on any atom is 0.310 e. The molecule has 1 aromatic carbocycles. The van der Waals surface area contributed by atoms with Crippen LogP contribution in [0.1, 0.15) is 29.9 Å². The maximum absolute atomic E-state index is 11.3. The first-order chi connectivity index (χ1) is 9.24. The van der Waals surface area contributed by atoms with Crippen molar-refractivity contribution >= 4 is 5.97 Å². The van der Waals surface area contributed by atoms with Gasteiger partial charge in [-0.05, 0) is 43.5 Å². The quantitative estimate of drug-likeness (QED) is 0.843. The zero-order valence-corrected chi connectivity index (χ0v) is 11.6. The molecule has 2 rings (SSSR count). The summed E-state index contributed by atoms with van der Waals surface area (Å²) in [7, 11) is 3.04. The van der Waals surface area contributed by atoms with E-state index in [1.54, 1.807) is 7.11 Å². The smallest absolute Gasteiger partial charge is 0.310 e. The Hall–Kier alpha value is -1.55. The summed E-state index contributed by atoms with van der Waals surface area (Å²) in [4.78, 5) is 11.3. The third kappa shape index (κ3) is 3.47. The van der Waals surface area contributed by atoms with E-state index in [0.29, 0.717) is 5.92 Å². The van der Waals surface area contributed by atoms with E-state index in [4.69, 9.17) is 9.47 Å². The van der Waals surface area contributed by atoms with Gasteiger partial charge in [0.1, 0.15) is 5.75 Å². The molecule has 0 saturated carbocycles. The molecule has 4 nitrogen and oxygen atoms in total. The molecular formula is C15H21NO3. The average Bonchev–Trinajstić information content (AvgIpc) is 2.48. The molecule has 1 N–H and O–H groups in total. The van der Waals surface area contributed by atoms with Gasteiger partial charge in [-0.2, -0.15) is 0 Å². The lowest BCUT2D eigenvalue weighted by atomic mass is 9.89. The molecule has 1 saturated heterocycles. The molecule has 4 heteroatoms. The number of benzene rings is 1. The van der Waals surface area contributed by atoms with E-state index in [1.165, 1.54) is 12.7 Å². The molecule has 1 aliphatic rings. The van der Waals surface area contributed by atoms with E-state index >= 15 is 0 Å². The molecule has 1 heterocycles. The highest BCUT2D eigenvalue weighted by Crippen LogP contribution is 2.30. The molecular weight excluding hydrogens is 242 g/mol. The molecule has 104 valence electrons. The molecule has 0 unspecified atom stereocenters. The maximum atomic E-state index is 11.3. The van der Waals surface area contributed by atoms with Crippen molar-refractivity contribution in [1.29, 1.82) is 0 Å². The summed E-state index contributed by atoms with van der Waals surface area (Å²) >= 11 is 0. The van der Waals surface area contributed by atoms with Gasteiger partial charge in [0.2, 0.25) is 0 Å². The monoisotopic (exact) mass is 263 g/mol. The summed E-state index contributed by atoms with van der Waals surface area (Å²) < 4.78 is 10.1. The zero-order valence-electron chi connectivity index (χ0n) is 11.6. The van der Waals surface area contributed by atoms with E-state index in [1.807, 2.05) is 6.07 Å². The first-order valence-electron chi connectivity index (χ1n) is 6.69. The minimum Gasteiger partial charge on any atom is -0.496 e. The van der Waals surface area contributed by atoms with Crippen molar-refractivity contribution in [2.24, 2.45) is 0 Å². The van der Waals surface area contributed by atoms with Gasteiger partial charge in [0.25, 0.3) is 0 Å². The summed E-state index contributed by atoms with van der Waals surface area (Å²) in [6.07, 6.45) is 2.56. The van der Waals surface area contributed by atoms with E-state index in [9.17, 15) is 4.79 Å². The first-order valence-corrected chi connectivity index (χ1v) is 6.69. The third-order valence-electron chi connectivity index (χ3n) is 3.68. The number of rotatable bonds is 4. The minimum atomic E-state index is -0.243. The fourth-order valence-electron chi connectivity index (χ4n) is 2.54. The second kappa shape index (κ2) is 6.57. The van der Waals surface area contributed by atoms with Gasteiger partial charge in [0, 0.05) is 5.56 Å². The predicted octanol–water partition coefficient (Wildman–Crippen LogP) is 1.88. The van der Waals surface area contributed by atoms with Crippen molar-refractivity contribution < 1.29 is 14.3 Å². The molecule has 19 heavy (non-hydrogen) atoms.